The smallest absolute Gasteiger partial charge is 0.257 e. The van der Waals surface area contributed by atoms with E-state index in [1.165, 1.54) is 0 Å². The molecule has 1 amide bonds. The van der Waals surface area contributed by atoms with Gasteiger partial charge in [0.2, 0.25) is 11.7 Å². The molecule has 1 fully saturated rings. The number of hydrogen-bond acceptors (Lipinski definition) is 6. The Labute approximate surface area is 166 Å². The normalized spacial score (nSPS) is 13.9. The highest BCUT2D eigenvalue weighted by molar-refractivity contribution is 5.97. The Kier molecular flexibility index (Phi) is 4.32. The van der Waals surface area contributed by atoms with Crippen LogP contribution in [-0.4, -0.2) is 34.0 Å². The highest BCUT2D eigenvalue weighted by Gasteiger charge is 2.37. The van der Waals surface area contributed by atoms with Gasteiger partial charge in [-0.05, 0) is 36.4 Å². The Bertz CT molecular complexity index is 1120. The van der Waals surface area contributed by atoms with Crippen molar-refractivity contribution in [2.45, 2.75) is 5.92 Å². The Morgan fingerprint density at radius 1 is 1.00 bits per heavy atom. The molecule has 7 nitrogen and oxygen atoms in total. The molecule has 5 rings (SSSR count). The Hall–Kier alpha value is -3.87. The van der Waals surface area contributed by atoms with Crippen LogP contribution in [0.5, 0.6) is 11.5 Å². The minimum Gasteiger partial charge on any atom is -0.461 e. The lowest BCUT2D eigenvalue weighted by Crippen LogP contribution is -2.48. The highest BCUT2D eigenvalue weighted by atomic mass is 16.5. The van der Waals surface area contributed by atoms with E-state index >= 15 is 0 Å². The second-order valence-electron chi connectivity index (χ2n) is 6.75. The van der Waals surface area contributed by atoms with Crippen LogP contribution in [0.4, 0.5) is 0 Å². The molecule has 0 bridgehead atoms. The number of aromatic nitrogens is 2. The molecule has 4 aromatic rings. The molecule has 7 heteroatoms. The lowest BCUT2D eigenvalue weighted by Gasteiger charge is -2.37. The monoisotopic (exact) mass is 387 g/mol. The molecule has 0 unspecified atom stereocenters. The van der Waals surface area contributed by atoms with Crippen LogP contribution in [-0.2, 0) is 0 Å². The van der Waals surface area contributed by atoms with Gasteiger partial charge in [0.05, 0.1) is 17.7 Å². The molecule has 144 valence electrons. The number of para-hydroxylation sites is 2. The lowest BCUT2D eigenvalue weighted by molar-refractivity contribution is 0.0566. The van der Waals surface area contributed by atoms with Gasteiger partial charge in [-0.2, -0.15) is 4.98 Å². The maximum atomic E-state index is 13.0. The number of rotatable bonds is 5. The molecule has 0 saturated carbocycles. The topological polar surface area (TPSA) is 81.6 Å². The van der Waals surface area contributed by atoms with Crippen LogP contribution in [0.15, 0.2) is 81.9 Å². The molecule has 2 aromatic heterocycles. The third kappa shape index (κ3) is 3.38. The first-order valence-corrected chi connectivity index (χ1v) is 9.26. The van der Waals surface area contributed by atoms with E-state index in [-0.39, 0.29) is 11.8 Å². The van der Waals surface area contributed by atoms with Crippen LogP contribution in [0.25, 0.3) is 11.6 Å². The molecular weight excluding hydrogens is 370 g/mol. The van der Waals surface area contributed by atoms with Gasteiger partial charge in [0.15, 0.2) is 5.76 Å². The third-order valence-corrected chi connectivity index (χ3v) is 4.79. The summed E-state index contributed by atoms with van der Waals surface area (Å²) in [6, 6.07) is 20.2. The van der Waals surface area contributed by atoms with Crippen LogP contribution in [0.3, 0.4) is 0 Å². The van der Waals surface area contributed by atoms with E-state index in [1.807, 2.05) is 42.5 Å². The summed E-state index contributed by atoms with van der Waals surface area (Å²) < 4.78 is 16.5. The van der Waals surface area contributed by atoms with Crippen molar-refractivity contribution in [3.05, 3.63) is 84.4 Å². The molecule has 1 aliphatic heterocycles. The summed E-state index contributed by atoms with van der Waals surface area (Å²) in [7, 11) is 0. The fourth-order valence-electron chi connectivity index (χ4n) is 3.23. The summed E-state index contributed by atoms with van der Waals surface area (Å²) in [6.07, 6.45) is 1.56. The number of hydrogen-bond donors (Lipinski definition) is 0. The minimum atomic E-state index is -0.0847. The van der Waals surface area contributed by atoms with Crippen molar-refractivity contribution < 1.29 is 18.5 Å². The van der Waals surface area contributed by atoms with Gasteiger partial charge in [-0.3, -0.25) is 4.79 Å². The number of carbonyl (C=O) groups is 1. The molecular formula is C22H17N3O4. The predicted octanol–water partition coefficient (Wildman–Crippen LogP) is 4.36. The molecule has 1 aliphatic rings. The zero-order valence-electron chi connectivity index (χ0n) is 15.4. The summed E-state index contributed by atoms with van der Waals surface area (Å²) >= 11 is 0. The van der Waals surface area contributed by atoms with Crippen molar-refractivity contribution >= 4 is 5.91 Å². The lowest BCUT2D eigenvalue weighted by atomic mass is 9.98. The van der Waals surface area contributed by atoms with Gasteiger partial charge in [0.1, 0.15) is 11.5 Å². The average molecular weight is 387 g/mol. The maximum Gasteiger partial charge on any atom is 0.257 e. The fourth-order valence-corrected chi connectivity index (χ4v) is 3.23. The van der Waals surface area contributed by atoms with E-state index in [4.69, 9.17) is 13.7 Å². The first-order valence-electron chi connectivity index (χ1n) is 9.26. The van der Waals surface area contributed by atoms with E-state index in [1.54, 1.807) is 35.4 Å². The van der Waals surface area contributed by atoms with Crippen LogP contribution in [0.2, 0.25) is 0 Å². The Morgan fingerprint density at radius 2 is 1.79 bits per heavy atom. The molecule has 3 heterocycles. The summed E-state index contributed by atoms with van der Waals surface area (Å²) in [5.74, 6) is 2.62. The van der Waals surface area contributed by atoms with E-state index in [9.17, 15) is 4.79 Å². The zero-order chi connectivity index (χ0) is 19.6. The quantitative estimate of drug-likeness (QED) is 0.506. The van der Waals surface area contributed by atoms with Crippen molar-refractivity contribution in [1.82, 2.24) is 15.0 Å². The number of amides is 1. The van der Waals surface area contributed by atoms with Crippen molar-refractivity contribution in [3.8, 4) is 23.1 Å². The van der Waals surface area contributed by atoms with Gasteiger partial charge in [0.25, 0.3) is 5.91 Å². The fraction of sp³-hybridized carbons (Fsp3) is 0.136. The van der Waals surface area contributed by atoms with E-state index in [0.717, 1.165) is 0 Å². The zero-order valence-corrected chi connectivity index (χ0v) is 15.4. The first kappa shape index (κ1) is 17.2. The number of carbonyl (C=O) groups excluding carboxylic acids is 1. The van der Waals surface area contributed by atoms with Gasteiger partial charge in [-0.1, -0.05) is 35.5 Å². The van der Waals surface area contributed by atoms with Crippen LogP contribution >= 0.6 is 0 Å². The Balaban J connectivity index is 1.27. The molecule has 0 atom stereocenters. The molecule has 0 aliphatic carbocycles. The molecule has 29 heavy (non-hydrogen) atoms. The first-order chi connectivity index (χ1) is 14.3. The number of nitrogens with zero attached hydrogens (tertiary/aromatic N) is 3. The highest BCUT2D eigenvalue weighted by Crippen LogP contribution is 2.32. The van der Waals surface area contributed by atoms with Gasteiger partial charge < -0.3 is 18.6 Å². The molecule has 0 spiro atoms. The molecule has 2 aromatic carbocycles. The van der Waals surface area contributed by atoms with Crippen LogP contribution < -0.4 is 4.74 Å². The van der Waals surface area contributed by atoms with Gasteiger partial charge in [-0.15, -0.1) is 0 Å². The van der Waals surface area contributed by atoms with Crippen molar-refractivity contribution in [3.63, 3.8) is 0 Å². The third-order valence-electron chi connectivity index (χ3n) is 4.79. The number of likely N-dealkylation sites (tertiary alicyclic amines) is 1. The largest absolute Gasteiger partial charge is 0.461 e. The van der Waals surface area contributed by atoms with Crippen LogP contribution in [0.1, 0.15) is 22.2 Å². The summed E-state index contributed by atoms with van der Waals surface area (Å²) in [6.45, 7) is 1.02. The second-order valence-corrected chi connectivity index (χ2v) is 6.75. The molecule has 1 saturated heterocycles. The summed E-state index contributed by atoms with van der Waals surface area (Å²) in [5, 5.41) is 3.95. The van der Waals surface area contributed by atoms with Crippen molar-refractivity contribution in [2.24, 2.45) is 0 Å². The Morgan fingerprint density at radius 3 is 2.59 bits per heavy atom. The average Bonchev–Trinajstić information content (AvgIpc) is 3.40. The number of ether oxygens (including phenoxy) is 1. The summed E-state index contributed by atoms with van der Waals surface area (Å²) in [4.78, 5) is 19.1. The predicted molar refractivity (Wildman–Crippen MR) is 104 cm³/mol. The van der Waals surface area contributed by atoms with Gasteiger partial charge >= 0.3 is 0 Å². The second kappa shape index (κ2) is 7.27. The van der Waals surface area contributed by atoms with Crippen molar-refractivity contribution in [1.29, 1.82) is 0 Å². The summed E-state index contributed by atoms with van der Waals surface area (Å²) in [5.41, 5.74) is 0.525. The van der Waals surface area contributed by atoms with Gasteiger partial charge in [0, 0.05) is 13.1 Å². The van der Waals surface area contributed by atoms with E-state index < -0.39 is 0 Å². The van der Waals surface area contributed by atoms with Gasteiger partial charge in [-0.25, -0.2) is 0 Å². The molecule has 0 N–H and O–H groups in total. The minimum absolute atomic E-state index is 0.0115. The number of furan rings is 1. The van der Waals surface area contributed by atoms with Crippen molar-refractivity contribution in [2.75, 3.05) is 13.1 Å². The maximum absolute atomic E-state index is 13.0. The van der Waals surface area contributed by atoms with E-state index in [2.05, 4.69) is 10.1 Å². The number of benzene rings is 2. The van der Waals surface area contributed by atoms with E-state index in [0.29, 0.717) is 47.6 Å². The molecule has 0 radical (unpaired) electrons. The standard InChI is InChI=1S/C22H17N3O4/c26-22(17-9-4-5-10-18(17)28-16-7-2-1-3-8-16)25-13-15(14-25)21-23-20(24-29-21)19-11-6-12-27-19/h1-12,15H,13-14H2. The SMILES string of the molecule is O=C(c1ccccc1Oc1ccccc1)N1CC(c2nc(-c3ccco3)no2)C1. The van der Waals surface area contributed by atoms with Crippen LogP contribution in [0, 0.1) is 0 Å².